The van der Waals surface area contributed by atoms with Gasteiger partial charge in [-0.25, -0.2) is 0 Å². The molecule has 0 heterocycles. The summed E-state index contributed by atoms with van der Waals surface area (Å²) in [4.78, 5) is 23.9. The molecule has 0 aliphatic carbocycles. The summed E-state index contributed by atoms with van der Waals surface area (Å²) in [5.41, 5.74) is 2.34. The van der Waals surface area contributed by atoms with Gasteiger partial charge in [0.1, 0.15) is 0 Å². The summed E-state index contributed by atoms with van der Waals surface area (Å²) in [7, 11) is 1.63. The maximum Gasteiger partial charge on any atom is 0.251 e. The van der Waals surface area contributed by atoms with Gasteiger partial charge in [-0.15, -0.1) is 0 Å². The Labute approximate surface area is 153 Å². The zero-order chi connectivity index (χ0) is 18.6. The molecule has 0 saturated heterocycles. The zero-order valence-corrected chi connectivity index (χ0v) is 15.0. The van der Waals surface area contributed by atoms with Crippen LogP contribution in [0.3, 0.4) is 0 Å². The van der Waals surface area contributed by atoms with Gasteiger partial charge >= 0.3 is 0 Å². The molecule has 6 nitrogen and oxygen atoms in total. The van der Waals surface area contributed by atoms with Crippen LogP contribution in [0.15, 0.2) is 54.6 Å². The highest BCUT2D eigenvalue weighted by Crippen LogP contribution is 2.09. The average molecular weight is 355 g/mol. The highest BCUT2D eigenvalue weighted by Gasteiger charge is 2.06. The van der Waals surface area contributed by atoms with E-state index in [4.69, 9.17) is 4.74 Å². The molecular weight excluding hydrogens is 330 g/mol. The third kappa shape index (κ3) is 7.04. The van der Waals surface area contributed by atoms with Crippen molar-refractivity contribution in [3.63, 3.8) is 0 Å². The monoisotopic (exact) mass is 355 g/mol. The maximum absolute atomic E-state index is 12.0. The van der Waals surface area contributed by atoms with Gasteiger partial charge in [0.2, 0.25) is 5.91 Å². The predicted octanol–water partition coefficient (Wildman–Crippen LogP) is 2.18. The van der Waals surface area contributed by atoms with Gasteiger partial charge < -0.3 is 20.7 Å². The van der Waals surface area contributed by atoms with Crippen molar-refractivity contribution < 1.29 is 14.3 Å². The first-order valence-corrected chi connectivity index (χ1v) is 8.60. The van der Waals surface area contributed by atoms with Gasteiger partial charge in [-0.05, 0) is 36.2 Å². The molecule has 2 aromatic rings. The van der Waals surface area contributed by atoms with Gasteiger partial charge in [0.25, 0.3) is 5.91 Å². The molecule has 26 heavy (non-hydrogen) atoms. The standard InChI is InChI=1S/C20H25N3O3/c1-26-13-5-12-22-20(25)17-8-10-18(11-9-17)23-19(24)15-21-14-16-6-3-2-4-7-16/h2-4,6-11,21H,5,12-15H2,1H3,(H,22,25)(H,23,24). The third-order valence-electron chi connectivity index (χ3n) is 3.70. The highest BCUT2D eigenvalue weighted by molar-refractivity contribution is 5.96. The van der Waals surface area contributed by atoms with Crippen LogP contribution in [0.4, 0.5) is 5.69 Å². The molecule has 0 aliphatic rings. The van der Waals surface area contributed by atoms with Crippen LogP contribution < -0.4 is 16.0 Å². The van der Waals surface area contributed by atoms with Crippen molar-refractivity contribution in [2.24, 2.45) is 0 Å². The minimum Gasteiger partial charge on any atom is -0.385 e. The van der Waals surface area contributed by atoms with E-state index in [0.29, 0.717) is 30.9 Å². The second-order valence-electron chi connectivity index (χ2n) is 5.82. The normalized spacial score (nSPS) is 10.3. The quantitative estimate of drug-likeness (QED) is 0.571. The Kier molecular flexibility index (Phi) is 8.32. The SMILES string of the molecule is COCCCNC(=O)c1ccc(NC(=O)CNCc2ccccc2)cc1. The molecule has 6 heteroatoms. The number of methoxy groups -OCH3 is 1. The van der Waals surface area contributed by atoms with Crippen LogP contribution in [0.2, 0.25) is 0 Å². The fourth-order valence-corrected chi connectivity index (χ4v) is 2.35. The van der Waals surface area contributed by atoms with Crippen LogP contribution in [-0.2, 0) is 16.1 Å². The number of ether oxygens (including phenoxy) is 1. The van der Waals surface area contributed by atoms with E-state index in [0.717, 1.165) is 12.0 Å². The number of benzene rings is 2. The third-order valence-corrected chi connectivity index (χ3v) is 3.70. The number of nitrogens with one attached hydrogen (secondary N) is 3. The second kappa shape index (κ2) is 11.0. The summed E-state index contributed by atoms with van der Waals surface area (Å²) in [5, 5.41) is 8.72. The molecule has 3 N–H and O–H groups in total. The average Bonchev–Trinajstić information content (AvgIpc) is 2.66. The first kappa shape index (κ1) is 19.6. The van der Waals surface area contributed by atoms with Gasteiger partial charge in [0, 0.05) is 38.1 Å². The molecular formula is C20H25N3O3. The number of amides is 2. The number of hydrogen-bond donors (Lipinski definition) is 3. The van der Waals surface area contributed by atoms with E-state index in [2.05, 4.69) is 16.0 Å². The van der Waals surface area contributed by atoms with E-state index in [9.17, 15) is 9.59 Å². The molecule has 0 saturated carbocycles. The Morgan fingerprint density at radius 1 is 1.00 bits per heavy atom. The molecule has 0 unspecified atom stereocenters. The van der Waals surface area contributed by atoms with E-state index >= 15 is 0 Å². The lowest BCUT2D eigenvalue weighted by Gasteiger charge is -2.08. The molecule has 0 aromatic heterocycles. The van der Waals surface area contributed by atoms with Crippen LogP contribution in [0, 0.1) is 0 Å². The van der Waals surface area contributed by atoms with Crippen molar-refractivity contribution in [2.45, 2.75) is 13.0 Å². The Morgan fingerprint density at radius 2 is 1.73 bits per heavy atom. The van der Waals surface area contributed by atoms with Gasteiger partial charge in [0.05, 0.1) is 6.54 Å². The van der Waals surface area contributed by atoms with Crippen molar-refractivity contribution in [1.82, 2.24) is 10.6 Å². The van der Waals surface area contributed by atoms with Crippen molar-refractivity contribution in [2.75, 3.05) is 32.1 Å². The van der Waals surface area contributed by atoms with Gasteiger partial charge in [0.15, 0.2) is 0 Å². The van der Waals surface area contributed by atoms with Crippen LogP contribution in [0.5, 0.6) is 0 Å². The van der Waals surface area contributed by atoms with Gasteiger partial charge in [-0.2, -0.15) is 0 Å². The second-order valence-corrected chi connectivity index (χ2v) is 5.82. The highest BCUT2D eigenvalue weighted by atomic mass is 16.5. The number of hydrogen-bond acceptors (Lipinski definition) is 4. The van der Waals surface area contributed by atoms with Crippen molar-refractivity contribution in [3.8, 4) is 0 Å². The van der Waals surface area contributed by atoms with Crippen molar-refractivity contribution >= 4 is 17.5 Å². The van der Waals surface area contributed by atoms with Crippen LogP contribution in [0.25, 0.3) is 0 Å². The van der Waals surface area contributed by atoms with E-state index in [1.165, 1.54) is 0 Å². The minimum absolute atomic E-state index is 0.127. The molecule has 0 spiro atoms. The van der Waals surface area contributed by atoms with E-state index in [-0.39, 0.29) is 18.4 Å². The Morgan fingerprint density at radius 3 is 2.42 bits per heavy atom. The topological polar surface area (TPSA) is 79.5 Å². The first-order chi connectivity index (χ1) is 12.7. The van der Waals surface area contributed by atoms with Crippen LogP contribution in [-0.4, -0.2) is 38.6 Å². The zero-order valence-electron chi connectivity index (χ0n) is 15.0. The van der Waals surface area contributed by atoms with E-state index in [1.807, 2.05) is 30.3 Å². The molecule has 0 fully saturated rings. The maximum atomic E-state index is 12.0. The van der Waals surface area contributed by atoms with Gasteiger partial charge in [-0.1, -0.05) is 30.3 Å². The van der Waals surface area contributed by atoms with Crippen LogP contribution in [0.1, 0.15) is 22.3 Å². The summed E-state index contributed by atoms with van der Waals surface area (Å²) in [6.07, 6.45) is 0.770. The molecule has 138 valence electrons. The van der Waals surface area contributed by atoms with Crippen molar-refractivity contribution in [3.05, 3.63) is 65.7 Å². The smallest absolute Gasteiger partial charge is 0.251 e. The largest absolute Gasteiger partial charge is 0.385 e. The van der Waals surface area contributed by atoms with E-state index in [1.54, 1.807) is 31.4 Å². The number of anilines is 1. The summed E-state index contributed by atoms with van der Waals surface area (Å²) in [6.45, 7) is 2.04. The number of carbonyl (C=O) groups excluding carboxylic acids is 2. The van der Waals surface area contributed by atoms with E-state index < -0.39 is 0 Å². The first-order valence-electron chi connectivity index (χ1n) is 8.60. The molecule has 2 rings (SSSR count). The summed E-state index contributed by atoms with van der Waals surface area (Å²) in [6, 6.07) is 16.7. The lowest BCUT2D eigenvalue weighted by Crippen LogP contribution is -2.28. The predicted molar refractivity (Wildman–Crippen MR) is 102 cm³/mol. The molecule has 0 atom stereocenters. The summed E-state index contributed by atoms with van der Waals surface area (Å²) < 4.78 is 4.94. The lowest BCUT2D eigenvalue weighted by atomic mass is 10.2. The molecule has 2 aromatic carbocycles. The Balaban J connectivity index is 1.72. The lowest BCUT2D eigenvalue weighted by molar-refractivity contribution is -0.115. The molecule has 0 radical (unpaired) electrons. The molecule has 0 aliphatic heterocycles. The van der Waals surface area contributed by atoms with Crippen molar-refractivity contribution in [1.29, 1.82) is 0 Å². The molecule has 0 bridgehead atoms. The Bertz CT molecular complexity index is 687. The number of rotatable bonds is 10. The fourth-order valence-electron chi connectivity index (χ4n) is 2.35. The Hall–Kier alpha value is -2.70. The fraction of sp³-hybridized carbons (Fsp3) is 0.300. The summed E-state index contributed by atoms with van der Waals surface area (Å²) >= 11 is 0. The summed E-state index contributed by atoms with van der Waals surface area (Å²) in [5.74, 6) is -0.263. The minimum atomic E-state index is -0.136. The van der Waals surface area contributed by atoms with Crippen LogP contribution >= 0.6 is 0 Å². The molecule has 2 amide bonds. The number of carbonyl (C=O) groups is 2. The van der Waals surface area contributed by atoms with Gasteiger partial charge in [-0.3, -0.25) is 9.59 Å².